The molecular formula is C5H9NO. The largest absolute Gasteiger partial charge is 0.396 e. The minimum Gasteiger partial charge on any atom is -0.396 e. The number of aliphatic hydroxyl groups excluding tert-OH is 1. The molecule has 0 radical (unpaired) electrons. The molecule has 1 N–H and O–H groups in total. The van der Waals surface area contributed by atoms with Crippen molar-refractivity contribution in [1.29, 1.82) is 5.26 Å². The van der Waals surface area contributed by atoms with Gasteiger partial charge in [0.15, 0.2) is 0 Å². The molecule has 0 aromatic carbocycles. The van der Waals surface area contributed by atoms with Crippen LogP contribution in [0.4, 0.5) is 0 Å². The smallest absolute Gasteiger partial charge is 0.0625 e. The van der Waals surface area contributed by atoms with E-state index in [1.165, 1.54) is 0 Å². The summed E-state index contributed by atoms with van der Waals surface area (Å²) in [7, 11) is 0. The molecule has 0 aliphatic rings. The van der Waals surface area contributed by atoms with Crippen LogP contribution in [0.15, 0.2) is 0 Å². The number of nitrogens with zero attached hydrogens (tertiary/aromatic N) is 1. The predicted octanol–water partition coefficient (Wildman–Crippen LogP) is 0.528. The summed E-state index contributed by atoms with van der Waals surface area (Å²) in [4.78, 5) is 0. The molecule has 40 valence electrons. The van der Waals surface area contributed by atoms with Crippen molar-refractivity contribution in [3.63, 3.8) is 0 Å². The van der Waals surface area contributed by atoms with Gasteiger partial charge in [0.1, 0.15) is 0 Å². The Labute approximate surface area is 43.4 Å². The maximum Gasteiger partial charge on any atom is 0.0625 e. The van der Waals surface area contributed by atoms with Crippen LogP contribution in [0.1, 0.15) is 13.3 Å². The van der Waals surface area contributed by atoms with Crippen molar-refractivity contribution in [2.75, 3.05) is 6.61 Å². The van der Waals surface area contributed by atoms with Gasteiger partial charge in [-0.3, -0.25) is 0 Å². The van der Waals surface area contributed by atoms with Crippen molar-refractivity contribution in [3.05, 3.63) is 0 Å². The van der Waals surface area contributed by atoms with Gasteiger partial charge in [0, 0.05) is 13.0 Å². The molecule has 1 unspecified atom stereocenters. The number of nitriles is 1. The van der Waals surface area contributed by atoms with E-state index in [0.29, 0.717) is 6.42 Å². The zero-order valence-corrected chi connectivity index (χ0v) is 4.39. The highest BCUT2D eigenvalue weighted by Gasteiger charge is 1.94. The third-order valence-electron chi connectivity index (χ3n) is 0.751. The van der Waals surface area contributed by atoms with Crippen LogP contribution < -0.4 is 0 Å². The first kappa shape index (κ1) is 6.45. The Balaban J connectivity index is 3.03. The third-order valence-corrected chi connectivity index (χ3v) is 0.751. The molecule has 0 bridgehead atoms. The molecule has 0 spiro atoms. The van der Waals surface area contributed by atoms with Crippen LogP contribution in [-0.4, -0.2) is 11.7 Å². The quantitative estimate of drug-likeness (QED) is 0.548. The van der Waals surface area contributed by atoms with Crippen LogP contribution in [0.25, 0.3) is 0 Å². The van der Waals surface area contributed by atoms with Crippen LogP contribution in [0.3, 0.4) is 0 Å². The van der Waals surface area contributed by atoms with E-state index in [2.05, 4.69) is 0 Å². The summed E-state index contributed by atoms with van der Waals surface area (Å²) in [5.74, 6) is 0.144. The average Bonchev–Trinajstić information content (AvgIpc) is 1.68. The molecule has 0 saturated carbocycles. The van der Waals surface area contributed by atoms with Crippen LogP contribution >= 0.6 is 0 Å². The minimum absolute atomic E-state index is 0.119. The van der Waals surface area contributed by atoms with Crippen LogP contribution in [-0.2, 0) is 0 Å². The molecule has 0 heterocycles. The lowest BCUT2D eigenvalue weighted by atomic mass is 10.1. The van der Waals surface area contributed by atoms with E-state index in [1.807, 2.05) is 13.0 Å². The van der Waals surface area contributed by atoms with Crippen molar-refractivity contribution >= 4 is 0 Å². The highest BCUT2D eigenvalue weighted by Crippen LogP contribution is 1.95. The zero-order valence-electron chi connectivity index (χ0n) is 4.39. The highest BCUT2D eigenvalue weighted by atomic mass is 16.3. The summed E-state index contributed by atoms with van der Waals surface area (Å²) in [5.41, 5.74) is 0. The number of hydrogen-bond donors (Lipinski definition) is 1. The zero-order chi connectivity index (χ0) is 5.70. The van der Waals surface area contributed by atoms with Gasteiger partial charge in [0.05, 0.1) is 6.07 Å². The Morgan fingerprint density at radius 3 is 2.57 bits per heavy atom. The van der Waals surface area contributed by atoms with Gasteiger partial charge in [-0.1, -0.05) is 6.92 Å². The number of rotatable bonds is 2. The van der Waals surface area contributed by atoms with Crippen LogP contribution in [0.5, 0.6) is 0 Å². The standard InChI is InChI=1S/C5H9NO/c1-5(4-7)2-3-6/h5,7H,2,4H2,1H3. The fourth-order valence-electron chi connectivity index (χ4n) is 0.220. The van der Waals surface area contributed by atoms with E-state index in [4.69, 9.17) is 10.4 Å². The first-order valence-corrected chi connectivity index (χ1v) is 2.29. The Bertz CT molecular complexity index is 74.6. The second-order valence-electron chi connectivity index (χ2n) is 1.65. The molecule has 1 atom stereocenters. The first-order chi connectivity index (χ1) is 3.31. The lowest BCUT2D eigenvalue weighted by Gasteiger charge is -1.96. The molecule has 0 amide bonds. The molecule has 0 saturated heterocycles. The number of hydrogen-bond acceptors (Lipinski definition) is 2. The molecule has 0 aliphatic carbocycles. The van der Waals surface area contributed by atoms with E-state index in [0.717, 1.165) is 0 Å². The van der Waals surface area contributed by atoms with E-state index in [9.17, 15) is 0 Å². The lowest BCUT2D eigenvalue weighted by molar-refractivity contribution is 0.240. The van der Waals surface area contributed by atoms with Gasteiger partial charge in [0.2, 0.25) is 0 Å². The van der Waals surface area contributed by atoms with Gasteiger partial charge in [-0.25, -0.2) is 0 Å². The van der Waals surface area contributed by atoms with Crippen molar-refractivity contribution in [3.8, 4) is 6.07 Å². The maximum atomic E-state index is 8.31. The van der Waals surface area contributed by atoms with E-state index >= 15 is 0 Å². The van der Waals surface area contributed by atoms with Gasteiger partial charge in [-0.05, 0) is 5.92 Å². The molecule has 7 heavy (non-hydrogen) atoms. The summed E-state index contributed by atoms with van der Waals surface area (Å²) < 4.78 is 0. The summed E-state index contributed by atoms with van der Waals surface area (Å²) in [6.07, 6.45) is 0.455. The Morgan fingerprint density at radius 1 is 1.86 bits per heavy atom. The first-order valence-electron chi connectivity index (χ1n) is 2.29. The lowest BCUT2D eigenvalue weighted by Crippen LogP contribution is -1.97. The van der Waals surface area contributed by atoms with Crippen molar-refractivity contribution in [2.45, 2.75) is 13.3 Å². The molecule has 0 aromatic heterocycles. The second kappa shape index (κ2) is 3.63. The van der Waals surface area contributed by atoms with E-state index in [1.54, 1.807) is 0 Å². The second-order valence-corrected chi connectivity index (χ2v) is 1.65. The van der Waals surface area contributed by atoms with Gasteiger partial charge in [0.25, 0.3) is 0 Å². The summed E-state index contributed by atoms with van der Waals surface area (Å²) in [6, 6.07) is 1.96. The van der Waals surface area contributed by atoms with Gasteiger partial charge in [-0.15, -0.1) is 0 Å². The number of aliphatic hydroxyl groups is 1. The average molecular weight is 99.1 g/mol. The van der Waals surface area contributed by atoms with Crippen LogP contribution in [0, 0.1) is 17.2 Å². The summed E-state index contributed by atoms with van der Waals surface area (Å²) in [5, 5.41) is 16.3. The monoisotopic (exact) mass is 99.1 g/mol. The fourth-order valence-corrected chi connectivity index (χ4v) is 0.220. The van der Waals surface area contributed by atoms with Gasteiger partial charge in [-0.2, -0.15) is 5.26 Å². The van der Waals surface area contributed by atoms with Gasteiger partial charge < -0.3 is 5.11 Å². The normalized spacial score (nSPS) is 12.7. The van der Waals surface area contributed by atoms with E-state index < -0.39 is 0 Å². The van der Waals surface area contributed by atoms with Gasteiger partial charge >= 0.3 is 0 Å². The molecule has 0 aliphatic heterocycles. The fraction of sp³-hybridized carbons (Fsp3) is 0.800. The maximum absolute atomic E-state index is 8.31. The molecule has 0 fully saturated rings. The van der Waals surface area contributed by atoms with Crippen molar-refractivity contribution < 1.29 is 5.11 Å². The Kier molecular flexibility index (Phi) is 3.35. The van der Waals surface area contributed by atoms with Crippen molar-refractivity contribution in [1.82, 2.24) is 0 Å². The molecule has 0 rings (SSSR count). The third kappa shape index (κ3) is 3.28. The topological polar surface area (TPSA) is 44.0 Å². The van der Waals surface area contributed by atoms with Crippen molar-refractivity contribution in [2.24, 2.45) is 5.92 Å². The SMILES string of the molecule is CC(CO)CC#N. The van der Waals surface area contributed by atoms with E-state index in [-0.39, 0.29) is 12.5 Å². The Morgan fingerprint density at radius 2 is 2.43 bits per heavy atom. The van der Waals surface area contributed by atoms with Crippen LogP contribution in [0.2, 0.25) is 0 Å². The predicted molar refractivity (Wildman–Crippen MR) is 26.5 cm³/mol. The summed E-state index contributed by atoms with van der Waals surface area (Å²) >= 11 is 0. The minimum atomic E-state index is 0.119. The molecule has 2 heteroatoms. The Hall–Kier alpha value is -0.550. The summed E-state index contributed by atoms with van der Waals surface area (Å²) in [6.45, 7) is 1.96. The molecule has 0 aromatic rings. The molecule has 2 nitrogen and oxygen atoms in total. The molecular weight excluding hydrogens is 90.1 g/mol. The highest BCUT2D eigenvalue weighted by molar-refractivity contribution is 4.71.